The first-order chi connectivity index (χ1) is 10.1. The average molecular weight is 294 g/mol. The molecule has 1 aliphatic heterocycles. The average Bonchev–Trinajstić information content (AvgIpc) is 2.71. The number of nitrogens with zero attached hydrogens (tertiary/aromatic N) is 4. The van der Waals surface area contributed by atoms with Gasteiger partial charge >= 0.3 is 5.69 Å². The molecule has 1 atom stereocenters. The number of nitrogen functional groups attached to an aromatic ring is 1. The minimum absolute atomic E-state index is 0.0241. The highest BCUT2D eigenvalue weighted by Gasteiger charge is 2.28. The molecule has 0 amide bonds. The summed E-state index contributed by atoms with van der Waals surface area (Å²) >= 11 is 0. The third kappa shape index (κ3) is 3.38. The van der Waals surface area contributed by atoms with Crippen LogP contribution in [0.4, 0.5) is 17.5 Å². The van der Waals surface area contributed by atoms with Crippen LogP contribution in [-0.4, -0.2) is 28.0 Å². The van der Waals surface area contributed by atoms with Gasteiger partial charge in [0.1, 0.15) is 5.69 Å². The molecule has 8 heteroatoms. The van der Waals surface area contributed by atoms with Gasteiger partial charge in [-0.1, -0.05) is 13.3 Å². The fraction of sp³-hybridized carbons (Fsp3) is 0.692. The van der Waals surface area contributed by atoms with Crippen LogP contribution in [-0.2, 0) is 0 Å². The second kappa shape index (κ2) is 6.66. The smallest absolute Gasteiger partial charge is 0.332 e. The maximum absolute atomic E-state index is 11.3. The second-order valence-corrected chi connectivity index (χ2v) is 5.40. The zero-order valence-corrected chi connectivity index (χ0v) is 12.5. The number of hydrogen-bond donors (Lipinski definition) is 2. The second-order valence-electron chi connectivity index (χ2n) is 5.40. The number of anilines is 2. The lowest BCUT2D eigenvalue weighted by atomic mass is 9.98. The van der Waals surface area contributed by atoms with Gasteiger partial charge in [-0.15, -0.1) is 0 Å². The molecule has 1 aromatic rings. The molecule has 1 unspecified atom stereocenters. The Morgan fingerprint density at radius 2 is 2.19 bits per heavy atom. The van der Waals surface area contributed by atoms with Crippen LogP contribution in [0.2, 0.25) is 0 Å². The van der Waals surface area contributed by atoms with Crippen LogP contribution in [0.3, 0.4) is 0 Å². The van der Waals surface area contributed by atoms with Crippen LogP contribution < -0.4 is 16.2 Å². The van der Waals surface area contributed by atoms with Gasteiger partial charge in [-0.3, -0.25) is 15.5 Å². The van der Waals surface area contributed by atoms with E-state index in [1.807, 2.05) is 4.90 Å². The van der Waals surface area contributed by atoms with E-state index in [-0.39, 0.29) is 11.6 Å². The minimum Gasteiger partial charge on any atom is -0.351 e. The van der Waals surface area contributed by atoms with E-state index < -0.39 is 4.92 Å². The van der Waals surface area contributed by atoms with E-state index >= 15 is 0 Å². The number of hydrogen-bond acceptors (Lipinski definition) is 7. The summed E-state index contributed by atoms with van der Waals surface area (Å²) in [4.78, 5) is 21.2. The molecule has 0 radical (unpaired) electrons. The van der Waals surface area contributed by atoms with Crippen molar-refractivity contribution < 1.29 is 4.92 Å². The zero-order valence-electron chi connectivity index (χ0n) is 12.5. The standard InChI is InChI=1S/C13H22N6O2/c1-3-10-5-4-7-18(8-6-10)12-11(19(20)21)9(2)15-13(16-12)17-14/h10H,3-8,14H2,1-2H3,(H,15,16,17). The first-order valence-corrected chi connectivity index (χ1v) is 7.31. The number of nitrogens with two attached hydrogens (primary N) is 1. The van der Waals surface area contributed by atoms with Gasteiger partial charge in [0.2, 0.25) is 11.8 Å². The van der Waals surface area contributed by atoms with Crippen LogP contribution >= 0.6 is 0 Å². The van der Waals surface area contributed by atoms with Crippen LogP contribution in [0.15, 0.2) is 0 Å². The SMILES string of the molecule is CCC1CCCN(c2nc(NN)nc(C)c2[N+](=O)[O-])CC1. The van der Waals surface area contributed by atoms with Crippen molar-refractivity contribution in [3.8, 4) is 0 Å². The van der Waals surface area contributed by atoms with Gasteiger partial charge in [0.05, 0.1) is 4.92 Å². The van der Waals surface area contributed by atoms with Crippen molar-refractivity contribution in [3.63, 3.8) is 0 Å². The summed E-state index contributed by atoms with van der Waals surface area (Å²) in [5, 5.41) is 11.3. The largest absolute Gasteiger partial charge is 0.351 e. The monoisotopic (exact) mass is 294 g/mol. The fourth-order valence-electron chi connectivity index (χ4n) is 2.84. The Labute approximate surface area is 123 Å². The topological polar surface area (TPSA) is 110 Å². The number of aromatic nitrogens is 2. The number of hydrazine groups is 1. The highest BCUT2D eigenvalue weighted by Crippen LogP contribution is 2.32. The number of nitrogens with one attached hydrogen (secondary N) is 1. The molecule has 3 N–H and O–H groups in total. The summed E-state index contributed by atoms with van der Waals surface area (Å²) < 4.78 is 0. The lowest BCUT2D eigenvalue weighted by Crippen LogP contribution is -2.27. The van der Waals surface area contributed by atoms with Crippen LogP contribution in [0.1, 0.15) is 38.3 Å². The Balaban J connectivity index is 2.36. The lowest BCUT2D eigenvalue weighted by Gasteiger charge is -2.22. The molecule has 1 aromatic heterocycles. The Morgan fingerprint density at radius 1 is 1.43 bits per heavy atom. The van der Waals surface area contributed by atoms with Crippen molar-refractivity contribution in [2.24, 2.45) is 11.8 Å². The maximum atomic E-state index is 11.3. The highest BCUT2D eigenvalue weighted by molar-refractivity contribution is 5.62. The number of aryl methyl sites for hydroxylation is 1. The van der Waals surface area contributed by atoms with Gasteiger partial charge < -0.3 is 4.90 Å². The molecule has 0 saturated carbocycles. The van der Waals surface area contributed by atoms with Crippen LogP contribution in [0.25, 0.3) is 0 Å². The molecule has 1 fully saturated rings. The summed E-state index contributed by atoms with van der Waals surface area (Å²) in [6.07, 6.45) is 4.35. The number of nitro groups is 1. The molecule has 0 spiro atoms. The van der Waals surface area contributed by atoms with Crippen molar-refractivity contribution in [2.45, 2.75) is 39.5 Å². The predicted molar refractivity (Wildman–Crippen MR) is 81.1 cm³/mol. The molecule has 1 saturated heterocycles. The van der Waals surface area contributed by atoms with Crippen LogP contribution in [0, 0.1) is 23.0 Å². The molecule has 2 heterocycles. The molecule has 8 nitrogen and oxygen atoms in total. The highest BCUT2D eigenvalue weighted by atomic mass is 16.6. The molecular weight excluding hydrogens is 272 g/mol. The zero-order chi connectivity index (χ0) is 15.4. The normalized spacial score (nSPS) is 19.2. The third-order valence-corrected chi connectivity index (χ3v) is 4.08. The Hall–Kier alpha value is -1.96. The van der Waals surface area contributed by atoms with Crippen molar-refractivity contribution in [2.75, 3.05) is 23.4 Å². The van der Waals surface area contributed by atoms with E-state index in [1.54, 1.807) is 6.92 Å². The van der Waals surface area contributed by atoms with E-state index in [1.165, 1.54) is 0 Å². The van der Waals surface area contributed by atoms with E-state index in [4.69, 9.17) is 5.84 Å². The molecule has 0 aliphatic carbocycles. The quantitative estimate of drug-likeness (QED) is 0.496. The molecule has 1 aliphatic rings. The van der Waals surface area contributed by atoms with Crippen LogP contribution in [0.5, 0.6) is 0 Å². The van der Waals surface area contributed by atoms with Gasteiger partial charge in [0, 0.05) is 13.1 Å². The van der Waals surface area contributed by atoms with E-state index in [0.717, 1.165) is 38.8 Å². The van der Waals surface area contributed by atoms with Crippen molar-refractivity contribution >= 4 is 17.5 Å². The van der Waals surface area contributed by atoms with Crippen molar-refractivity contribution in [3.05, 3.63) is 15.8 Å². The summed E-state index contributed by atoms with van der Waals surface area (Å²) in [6.45, 7) is 5.35. The Morgan fingerprint density at radius 3 is 2.81 bits per heavy atom. The van der Waals surface area contributed by atoms with Gasteiger partial charge in [-0.25, -0.2) is 10.8 Å². The van der Waals surface area contributed by atoms with Gasteiger partial charge in [-0.2, -0.15) is 4.98 Å². The van der Waals surface area contributed by atoms with Gasteiger partial charge in [0.25, 0.3) is 0 Å². The van der Waals surface area contributed by atoms with Gasteiger partial charge in [0.15, 0.2) is 0 Å². The molecular formula is C13H22N6O2. The summed E-state index contributed by atoms with van der Waals surface area (Å²) in [6, 6.07) is 0. The predicted octanol–water partition coefficient (Wildman–Crippen LogP) is 2.00. The fourth-order valence-corrected chi connectivity index (χ4v) is 2.84. The van der Waals surface area contributed by atoms with E-state index in [2.05, 4.69) is 22.3 Å². The van der Waals surface area contributed by atoms with Gasteiger partial charge in [-0.05, 0) is 32.1 Å². The summed E-state index contributed by atoms with van der Waals surface area (Å²) in [5.74, 6) is 6.62. The first-order valence-electron chi connectivity index (χ1n) is 7.31. The molecule has 116 valence electrons. The maximum Gasteiger partial charge on any atom is 0.332 e. The lowest BCUT2D eigenvalue weighted by molar-refractivity contribution is -0.385. The van der Waals surface area contributed by atoms with Crippen molar-refractivity contribution in [1.82, 2.24) is 9.97 Å². The molecule has 21 heavy (non-hydrogen) atoms. The summed E-state index contributed by atoms with van der Waals surface area (Å²) in [7, 11) is 0. The minimum atomic E-state index is -0.410. The first kappa shape index (κ1) is 15.4. The Bertz CT molecular complexity index is 522. The molecule has 2 rings (SSSR count). The molecule has 0 bridgehead atoms. The molecule has 0 aromatic carbocycles. The third-order valence-electron chi connectivity index (χ3n) is 4.08. The van der Waals surface area contributed by atoms with E-state index in [0.29, 0.717) is 17.4 Å². The van der Waals surface area contributed by atoms with Crippen molar-refractivity contribution in [1.29, 1.82) is 0 Å². The summed E-state index contributed by atoms with van der Waals surface area (Å²) in [5.41, 5.74) is 2.68. The Kier molecular flexibility index (Phi) is 4.89. The number of rotatable bonds is 4. The van der Waals surface area contributed by atoms with E-state index in [9.17, 15) is 10.1 Å².